The number of hydrazine groups is 1. The second kappa shape index (κ2) is 5.12. The molecule has 1 atom stereocenters. The highest BCUT2D eigenvalue weighted by atomic mass is 17.2. The van der Waals surface area contributed by atoms with Crippen LogP contribution in [0.1, 0.15) is 13.3 Å². The molecule has 0 aliphatic carbocycles. The number of nitrogens with one attached hydrogen (secondary N) is 2. The molecule has 5 N–H and O–H groups in total. The topological polar surface area (TPSA) is 96.6 Å². The molecule has 0 rings (SSSR count). The number of carbonyl (C=O) groups is 1. The molecular weight excluding hydrogens is 138 g/mol. The van der Waals surface area contributed by atoms with Crippen molar-refractivity contribution in [2.24, 2.45) is 5.73 Å². The molecule has 0 fully saturated rings. The lowest BCUT2D eigenvalue weighted by Crippen LogP contribution is -2.47. The maximum absolute atomic E-state index is 10.4. The minimum absolute atomic E-state index is 0.507. The van der Waals surface area contributed by atoms with Crippen LogP contribution in [-0.4, -0.2) is 17.2 Å². The van der Waals surface area contributed by atoms with Gasteiger partial charge in [-0.15, -0.1) is 10.6 Å². The summed E-state index contributed by atoms with van der Waals surface area (Å²) < 4.78 is 0. The maximum Gasteiger partial charge on any atom is 0.235 e. The Bertz CT molecular complexity index is 108. The number of carbonyl (C=O) groups excluding carboxylic acids is 1. The molecule has 0 heterocycles. The summed E-state index contributed by atoms with van der Waals surface area (Å²) in [4.78, 5) is 13.9. The van der Waals surface area contributed by atoms with Crippen LogP contribution in [0, 0.1) is 0 Å². The SMILES string of the molecule is CC[C@H](NNOO)C(N)=O. The van der Waals surface area contributed by atoms with Gasteiger partial charge < -0.3 is 5.73 Å². The van der Waals surface area contributed by atoms with Crippen LogP contribution in [0.5, 0.6) is 0 Å². The normalized spacial score (nSPS) is 13.0. The van der Waals surface area contributed by atoms with E-state index in [4.69, 9.17) is 11.0 Å². The Morgan fingerprint density at radius 2 is 2.50 bits per heavy atom. The zero-order valence-corrected chi connectivity index (χ0v) is 5.63. The third kappa shape index (κ3) is 3.36. The van der Waals surface area contributed by atoms with Crippen LogP contribution in [0.25, 0.3) is 0 Å². The van der Waals surface area contributed by atoms with Gasteiger partial charge in [0, 0.05) is 0 Å². The first-order valence-electron chi connectivity index (χ1n) is 2.82. The van der Waals surface area contributed by atoms with Crippen molar-refractivity contribution < 1.29 is 15.0 Å². The quantitative estimate of drug-likeness (QED) is 0.289. The van der Waals surface area contributed by atoms with E-state index in [1.54, 1.807) is 6.92 Å². The van der Waals surface area contributed by atoms with Crippen molar-refractivity contribution in [3.63, 3.8) is 0 Å². The molecule has 6 nitrogen and oxygen atoms in total. The highest BCUT2D eigenvalue weighted by molar-refractivity contribution is 5.79. The Balaban J connectivity index is 3.50. The largest absolute Gasteiger partial charge is 0.368 e. The lowest BCUT2D eigenvalue weighted by Gasteiger charge is -2.10. The van der Waals surface area contributed by atoms with Crippen molar-refractivity contribution in [1.82, 2.24) is 11.0 Å². The Morgan fingerprint density at radius 3 is 2.80 bits per heavy atom. The maximum atomic E-state index is 10.4. The van der Waals surface area contributed by atoms with Gasteiger partial charge >= 0.3 is 0 Å². The van der Waals surface area contributed by atoms with Gasteiger partial charge in [0.05, 0.1) is 0 Å². The fourth-order valence-corrected chi connectivity index (χ4v) is 0.472. The minimum Gasteiger partial charge on any atom is -0.368 e. The van der Waals surface area contributed by atoms with Gasteiger partial charge in [0.2, 0.25) is 5.91 Å². The molecular formula is C4H11N3O3. The molecule has 60 valence electrons. The highest BCUT2D eigenvalue weighted by Crippen LogP contribution is 1.85. The van der Waals surface area contributed by atoms with Gasteiger partial charge in [0.15, 0.2) is 0 Å². The number of amides is 1. The van der Waals surface area contributed by atoms with Crippen LogP contribution in [0.15, 0.2) is 0 Å². The first-order chi connectivity index (χ1) is 4.72. The molecule has 0 aromatic heterocycles. The van der Waals surface area contributed by atoms with E-state index in [1.165, 1.54) is 0 Å². The van der Waals surface area contributed by atoms with Crippen LogP contribution in [0.2, 0.25) is 0 Å². The van der Waals surface area contributed by atoms with E-state index in [0.717, 1.165) is 0 Å². The number of primary amides is 1. The Kier molecular flexibility index (Phi) is 4.77. The van der Waals surface area contributed by atoms with Gasteiger partial charge in [-0.1, -0.05) is 6.92 Å². The van der Waals surface area contributed by atoms with Crippen LogP contribution in [-0.2, 0) is 9.78 Å². The molecule has 0 saturated carbocycles. The van der Waals surface area contributed by atoms with Crippen molar-refractivity contribution in [3.05, 3.63) is 0 Å². The molecule has 6 heteroatoms. The van der Waals surface area contributed by atoms with Crippen molar-refractivity contribution in [3.8, 4) is 0 Å². The molecule has 0 aromatic carbocycles. The van der Waals surface area contributed by atoms with E-state index >= 15 is 0 Å². The van der Waals surface area contributed by atoms with Gasteiger partial charge in [-0.25, -0.2) is 10.7 Å². The Hall–Kier alpha value is -0.690. The fraction of sp³-hybridized carbons (Fsp3) is 0.750. The average molecular weight is 149 g/mol. The molecule has 0 bridgehead atoms. The second-order valence-electron chi connectivity index (χ2n) is 1.70. The summed E-state index contributed by atoms with van der Waals surface area (Å²) >= 11 is 0. The molecule has 0 unspecified atom stereocenters. The Labute approximate surface area is 58.2 Å². The van der Waals surface area contributed by atoms with E-state index < -0.39 is 11.9 Å². The minimum atomic E-state index is -0.535. The van der Waals surface area contributed by atoms with Gasteiger partial charge in [0.1, 0.15) is 6.04 Å². The molecule has 10 heavy (non-hydrogen) atoms. The van der Waals surface area contributed by atoms with E-state index in [-0.39, 0.29) is 0 Å². The summed E-state index contributed by atoms with van der Waals surface area (Å²) in [6.45, 7) is 1.77. The molecule has 0 radical (unpaired) electrons. The first kappa shape index (κ1) is 9.31. The summed E-state index contributed by atoms with van der Waals surface area (Å²) in [5.41, 5.74) is 9.12. The predicted molar refractivity (Wildman–Crippen MR) is 33.3 cm³/mol. The van der Waals surface area contributed by atoms with E-state index in [1.807, 2.05) is 5.59 Å². The standard InChI is InChI=1S/C4H11N3O3/c1-2-3(4(5)8)6-7-10-9/h3,6-7,9H,2H2,1H3,(H2,5,8)/t3-/m0/s1. The summed E-state index contributed by atoms with van der Waals surface area (Å²) in [5, 5.41) is 7.77. The molecule has 0 saturated heterocycles. The Morgan fingerprint density at radius 1 is 1.90 bits per heavy atom. The fourth-order valence-electron chi connectivity index (χ4n) is 0.472. The third-order valence-electron chi connectivity index (χ3n) is 1.03. The number of rotatable bonds is 5. The lowest BCUT2D eigenvalue weighted by molar-refractivity contribution is -0.304. The van der Waals surface area contributed by atoms with Crippen molar-refractivity contribution in [2.45, 2.75) is 19.4 Å². The summed E-state index contributed by atoms with van der Waals surface area (Å²) in [7, 11) is 0. The van der Waals surface area contributed by atoms with E-state index in [9.17, 15) is 4.79 Å². The molecule has 1 amide bonds. The predicted octanol–water partition coefficient (Wildman–Crippen LogP) is -1.25. The zero-order valence-electron chi connectivity index (χ0n) is 5.63. The monoisotopic (exact) mass is 149 g/mol. The molecule has 0 aliphatic rings. The summed E-state index contributed by atoms with van der Waals surface area (Å²) in [6.07, 6.45) is 0.520. The van der Waals surface area contributed by atoms with E-state index in [0.29, 0.717) is 6.42 Å². The summed E-state index contributed by atoms with van der Waals surface area (Å²) in [6, 6.07) is -0.535. The number of hydrogen-bond acceptors (Lipinski definition) is 5. The highest BCUT2D eigenvalue weighted by Gasteiger charge is 2.10. The second-order valence-corrected chi connectivity index (χ2v) is 1.70. The third-order valence-corrected chi connectivity index (χ3v) is 1.03. The van der Waals surface area contributed by atoms with E-state index in [2.05, 4.69) is 10.4 Å². The van der Waals surface area contributed by atoms with Gasteiger partial charge in [-0.3, -0.25) is 4.79 Å². The van der Waals surface area contributed by atoms with Crippen molar-refractivity contribution >= 4 is 5.91 Å². The molecule has 0 aliphatic heterocycles. The van der Waals surface area contributed by atoms with Gasteiger partial charge in [0.25, 0.3) is 0 Å². The number of hydrogen-bond donors (Lipinski definition) is 4. The number of nitrogens with two attached hydrogens (primary N) is 1. The van der Waals surface area contributed by atoms with Gasteiger partial charge in [-0.2, -0.15) is 0 Å². The first-order valence-corrected chi connectivity index (χ1v) is 2.82. The van der Waals surface area contributed by atoms with Crippen LogP contribution in [0.3, 0.4) is 0 Å². The summed E-state index contributed by atoms with van der Waals surface area (Å²) in [5.74, 6) is -0.507. The van der Waals surface area contributed by atoms with Crippen molar-refractivity contribution in [2.75, 3.05) is 0 Å². The molecule has 0 spiro atoms. The average Bonchev–Trinajstić information content (AvgIpc) is 1.89. The molecule has 0 aromatic rings. The van der Waals surface area contributed by atoms with Crippen LogP contribution >= 0.6 is 0 Å². The smallest absolute Gasteiger partial charge is 0.235 e. The van der Waals surface area contributed by atoms with Crippen molar-refractivity contribution in [1.29, 1.82) is 0 Å². The lowest BCUT2D eigenvalue weighted by atomic mass is 10.2. The van der Waals surface area contributed by atoms with Gasteiger partial charge in [-0.05, 0) is 6.42 Å². The zero-order chi connectivity index (χ0) is 7.98. The van der Waals surface area contributed by atoms with Crippen LogP contribution in [0.4, 0.5) is 0 Å². The van der Waals surface area contributed by atoms with Crippen LogP contribution < -0.4 is 16.7 Å².